The van der Waals surface area contributed by atoms with Gasteiger partial charge in [-0.15, -0.1) is 0 Å². The number of aromatic amines is 1. The van der Waals surface area contributed by atoms with Crippen molar-refractivity contribution in [2.24, 2.45) is 5.92 Å². The lowest BCUT2D eigenvalue weighted by atomic mass is 9.90. The summed E-state index contributed by atoms with van der Waals surface area (Å²) in [7, 11) is 0. The molecule has 2 amide bonds. The second-order valence-electron chi connectivity index (χ2n) is 7.93. The summed E-state index contributed by atoms with van der Waals surface area (Å²) >= 11 is 5.94. The van der Waals surface area contributed by atoms with Crippen LogP contribution in [0.1, 0.15) is 31.2 Å². The van der Waals surface area contributed by atoms with Gasteiger partial charge in [0.05, 0.1) is 5.52 Å². The molecular weight excluding hydrogens is 418 g/mol. The van der Waals surface area contributed by atoms with Gasteiger partial charge in [0.25, 0.3) is 0 Å². The normalized spacial score (nSPS) is 14.7. The minimum Gasteiger partial charge on any atom is -0.408 e. The number of carbonyl (C=O) groups is 2. The zero-order chi connectivity index (χ0) is 21.8. The van der Waals surface area contributed by atoms with E-state index in [0.29, 0.717) is 22.7 Å². The molecule has 2 aromatic carbocycles. The van der Waals surface area contributed by atoms with E-state index < -0.39 is 5.76 Å². The summed E-state index contributed by atoms with van der Waals surface area (Å²) in [4.78, 5) is 40.4. The first-order chi connectivity index (χ1) is 15.0. The van der Waals surface area contributed by atoms with E-state index in [4.69, 9.17) is 16.0 Å². The highest BCUT2D eigenvalue weighted by atomic mass is 35.5. The molecule has 0 aliphatic carbocycles. The molecule has 162 valence electrons. The standard InChI is InChI=1S/C23H24ClN3O4/c24-17-3-1-15(2-4-17)13-16-9-11-27(12-10-16)22(29)8-7-21(28)25-18-5-6-19-20(14-18)31-23(30)26-19/h1-6,14,16H,7-13H2,(H,25,28)(H,26,30). The van der Waals surface area contributed by atoms with Gasteiger partial charge in [-0.05, 0) is 55.0 Å². The third-order valence-corrected chi connectivity index (χ3v) is 5.93. The fourth-order valence-corrected chi connectivity index (χ4v) is 4.09. The predicted octanol–water partition coefficient (Wildman–Crippen LogP) is 3.97. The number of halogens is 1. The molecule has 8 heteroatoms. The molecule has 3 aromatic rings. The van der Waals surface area contributed by atoms with Crippen molar-refractivity contribution in [2.45, 2.75) is 32.1 Å². The Hall–Kier alpha value is -3.06. The average Bonchev–Trinajstić information content (AvgIpc) is 3.13. The van der Waals surface area contributed by atoms with Crippen LogP contribution in [0.5, 0.6) is 0 Å². The molecule has 0 unspecified atom stereocenters. The lowest BCUT2D eigenvalue weighted by Gasteiger charge is -2.32. The number of oxazole rings is 1. The lowest BCUT2D eigenvalue weighted by molar-refractivity contribution is -0.134. The van der Waals surface area contributed by atoms with Gasteiger partial charge in [0.2, 0.25) is 11.8 Å². The molecule has 2 heterocycles. The third-order valence-electron chi connectivity index (χ3n) is 5.68. The molecule has 1 aliphatic heterocycles. The van der Waals surface area contributed by atoms with Gasteiger partial charge in [0.1, 0.15) is 0 Å². The van der Waals surface area contributed by atoms with Crippen molar-refractivity contribution in [3.63, 3.8) is 0 Å². The van der Waals surface area contributed by atoms with Crippen molar-refractivity contribution in [2.75, 3.05) is 18.4 Å². The topological polar surface area (TPSA) is 95.4 Å². The van der Waals surface area contributed by atoms with Gasteiger partial charge in [-0.2, -0.15) is 0 Å². The highest BCUT2D eigenvalue weighted by molar-refractivity contribution is 6.30. The number of carbonyl (C=O) groups excluding carboxylic acids is 2. The van der Waals surface area contributed by atoms with Crippen LogP contribution in [0.25, 0.3) is 11.1 Å². The quantitative estimate of drug-likeness (QED) is 0.604. The smallest absolute Gasteiger partial charge is 0.408 e. The maximum absolute atomic E-state index is 12.5. The summed E-state index contributed by atoms with van der Waals surface area (Å²) in [6, 6.07) is 12.9. The molecular formula is C23H24ClN3O4. The number of likely N-dealkylation sites (tertiary alicyclic amines) is 1. The number of hydrogen-bond donors (Lipinski definition) is 2. The van der Waals surface area contributed by atoms with Crippen molar-refractivity contribution in [1.82, 2.24) is 9.88 Å². The summed E-state index contributed by atoms with van der Waals surface area (Å²) in [5, 5.41) is 3.49. The molecule has 1 fully saturated rings. The average molecular weight is 442 g/mol. The van der Waals surface area contributed by atoms with Crippen molar-refractivity contribution >= 4 is 40.2 Å². The molecule has 31 heavy (non-hydrogen) atoms. The van der Waals surface area contributed by atoms with E-state index >= 15 is 0 Å². The number of nitrogens with one attached hydrogen (secondary N) is 2. The summed E-state index contributed by atoms with van der Waals surface area (Å²) in [5.41, 5.74) is 2.73. The first kappa shape index (κ1) is 21.2. The Bertz CT molecular complexity index is 1130. The minimum atomic E-state index is -0.541. The first-order valence-corrected chi connectivity index (χ1v) is 10.8. The molecule has 0 radical (unpaired) electrons. The van der Waals surface area contributed by atoms with Crippen molar-refractivity contribution in [1.29, 1.82) is 0 Å². The Kier molecular flexibility index (Phi) is 6.42. The molecule has 1 aliphatic rings. The van der Waals surface area contributed by atoms with E-state index in [1.54, 1.807) is 18.2 Å². The Balaban J connectivity index is 1.21. The monoisotopic (exact) mass is 441 g/mol. The molecule has 1 saturated heterocycles. The van der Waals surface area contributed by atoms with E-state index in [0.717, 1.165) is 37.4 Å². The molecule has 7 nitrogen and oxygen atoms in total. The number of benzene rings is 2. The van der Waals surface area contributed by atoms with E-state index in [-0.39, 0.29) is 24.7 Å². The van der Waals surface area contributed by atoms with Crippen LogP contribution in [0.15, 0.2) is 51.7 Å². The molecule has 1 aromatic heterocycles. The number of hydrogen-bond acceptors (Lipinski definition) is 4. The highest BCUT2D eigenvalue weighted by Crippen LogP contribution is 2.23. The second kappa shape index (κ2) is 9.39. The number of H-pyrrole nitrogens is 1. The van der Waals surface area contributed by atoms with Crippen LogP contribution in [0, 0.1) is 5.92 Å². The zero-order valence-corrected chi connectivity index (χ0v) is 17.8. The molecule has 0 saturated carbocycles. The fraction of sp³-hybridized carbons (Fsp3) is 0.348. The summed E-state index contributed by atoms with van der Waals surface area (Å²) in [5.74, 6) is -0.228. The van der Waals surface area contributed by atoms with Crippen LogP contribution in [0.4, 0.5) is 5.69 Å². The van der Waals surface area contributed by atoms with Crippen LogP contribution >= 0.6 is 11.6 Å². The van der Waals surface area contributed by atoms with Gasteiger partial charge in [0.15, 0.2) is 5.58 Å². The Labute approximate surface area is 184 Å². The minimum absolute atomic E-state index is 0.00664. The molecule has 4 rings (SSSR count). The van der Waals surface area contributed by atoms with Crippen LogP contribution < -0.4 is 11.1 Å². The number of fused-ring (bicyclic) bond motifs is 1. The number of amides is 2. The third kappa shape index (κ3) is 5.55. The van der Waals surface area contributed by atoms with Crippen LogP contribution in [0.3, 0.4) is 0 Å². The van der Waals surface area contributed by atoms with Gasteiger partial charge >= 0.3 is 5.76 Å². The maximum Gasteiger partial charge on any atom is 0.417 e. The molecule has 0 atom stereocenters. The van der Waals surface area contributed by atoms with Gasteiger partial charge in [0, 0.05) is 42.7 Å². The van der Waals surface area contributed by atoms with Gasteiger partial charge in [-0.1, -0.05) is 23.7 Å². The first-order valence-electron chi connectivity index (χ1n) is 10.4. The lowest BCUT2D eigenvalue weighted by Crippen LogP contribution is -2.39. The molecule has 2 N–H and O–H groups in total. The number of rotatable bonds is 6. The Morgan fingerprint density at radius 1 is 1.10 bits per heavy atom. The second-order valence-corrected chi connectivity index (χ2v) is 8.36. The number of aromatic nitrogens is 1. The van der Waals surface area contributed by atoms with Gasteiger partial charge in [-0.25, -0.2) is 4.79 Å². The summed E-state index contributed by atoms with van der Waals surface area (Å²) < 4.78 is 4.99. The van der Waals surface area contributed by atoms with Crippen molar-refractivity contribution in [3.8, 4) is 0 Å². The molecule has 0 bridgehead atoms. The number of anilines is 1. The van der Waals surface area contributed by atoms with Gasteiger partial charge < -0.3 is 14.6 Å². The van der Waals surface area contributed by atoms with Crippen molar-refractivity contribution < 1.29 is 14.0 Å². The predicted molar refractivity (Wildman–Crippen MR) is 119 cm³/mol. The largest absolute Gasteiger partial charge is 0.417 e. The Morgan fingerprint density at radius 3 is 2.58 bits per heavy atom. The van der Waals surface area contributed by atoms with Crippen molar-refractivity contribution in [3.05, 3.63) is 63.6 Å². The summed E-state index contributed by atoms with van der Waals surface area (Å²) in [6.07, 6.45) is 3.20. The van der Waals surface area contributed by atoms with Crippen LogP contribution in [-0.2, 0) is 16.0 Å². The van der Waals surface area contributed by atoms with Gasteiger partial charge in [-0.3, -0.25) is 14.6 Å². The van der Waals surface area contributed by atoms with E-state index in [9.17, 15) is 14.4 Å². The van der Waals surface area contributed by atoms with Crippen LogP contribution in [-0.4, -0.2) is 34.8 Å². The van der Waals surface area contributed by atoms with E-state index in [1.165, 1.54) is 5.56 Å². The van der Waals surface area contributed by atoms with Crippen LogP contribution in [0.2, 0.25) is 5.02 Å². The molecule has 0 spiro atoms. The van der Waals surface area contributed by atoms with E-state index in [1.807, 2.05) is 17.0 Å². The maximum atomic E-state index is 12.5. The summed E-state index contributed by atoms with van der Waals surface area (Å²) in [6.45, 7) is 1.45. The number of piperidine rings is 1. The Morgan fingerprint density at radius 2 is 1.84 bits per heavy atom. The van der Waals surface area contributed by atoms with E-state index in [2.05, 4.69) is 22.4 Å². The fourth-order valence-electron chi connectivity index (χ4n) is 3.97. The highest BCUT2D eigenvalue weighted by Gasteiger charge is 2.23. The SMILES string of the molecule is O=C(CCC(=O)N1CCC(Cc2ccc(Cl)cc2)CC1)Nc1ccc2[nH]c(=O)oc2c1. The number of nitrogens with zero attached hydrogens (tertiary/aromatic N) is 1. The zero-order valence-electron chi connectivity index (χ0n) is 17.0.